The molecule has 0 aliphatic carbocycles. The molecular formula is C27H20N2S2. The van der Waals surface area contributed by atoms with Crippen LogP contribution in [0.25, 0.3) is 16.6 Å². The summed E-state index contributed by atoms with van der Waals surface area (Å²) in [5, 5.41) is 0. The number of pyridine rings is 1. The highest BCUT2D eigenvalue weighted by Crippen LogP contribution is 2.54. The number of aromatic nitrogens is 1. The lowest BCUT2D eigenvalue weighted by atomic mass is 10.1. The number of rotatable bonds is 3. The second kappa shape index (κ2) is 7.56. The van der Waals surface area contributed by atoms with Crippen LogP contribution in [0.4, 0.5) is 17.2 Å². The summed E-state index contributed by atoms with van der Waals surface area (Å²) in [6, 6.07) is 34.9. The van der Waals surface area contributed by atoms with Crippen molar-refractivity contribution in [1.29, 1.82) is 0 Å². The van der Waals surface area contributed by atoms with E-state index in [0.29, 0.717) is 0 Å². The third kappa shape index (κ3) is 3.06. The Morgan fingerprint density at radius 3 is 2.35 bits per heavy atom. The molecule has 5 aromatic rings. The largest absolute Gasteiger partial charge is 0.302 e. The monoisotopic (exact) mass is 436 g/mol. The van der Waals surface area contributed by atoms with Gasteiger partial charge in [-0.2, -0.15) is 0 Å². The number of fused-ring (bicyclic) bond motifs is 3. The zero-order valence-corrected chi connectivity index (χ0v) is 18.7. The van der Waals surface area contributed by atoms with Gasteiger partial charge in [-0.25, -0.2) is 0 Å². The minimum absolute atomic E-state index is 1.18. The first-order valence-corrected chi connectivity index (χ1v) is 12.3. The molecule has 6 rings (SSSR count). The van der Waals surface area contributed by atoms with E-state index in [9.17, 15) is 0 Å². The van der Waals surface area contributed by atoms with Gasteiger partial charge in [-0.15, -0.1) is 11.8 Å². The van der Waals surface area contributed by atoms with E-state index < -0.39 is 0 Å². The second-order valence-corrected chi connectivity index (χ2v) is 9.45. The van der Waals surface area contributed by atoms with E-state index in [1.165, 1.54) is 48.5 Å². The molecule has 1 aliphatic rings. The maximum Gasteiger partial charge on any atom is 0.130 e. The van der Waals surface area contributed by atoms with Crippen LogP contribution in [0.15, 0.2) is 118 Å². The smallest absolute Gasteiger partial charge is 0.130 e. The van der Waals surface area contributed by atoms with Gasteiger partial charge >= 0.3 is 0 Å². The molecule has 3 aromatic carbocycles. The molecule has 2 aromatic heterocycles. The Kier molecular flexibility index (Phi) is 4.55. The average molecular weight is 437 g/mol. The van der Waals surface area contributed by atoms with Crippen molar-refractivity contribution in [2.75, 3.05) is 11.2 Å². The maximum absolute atomic E-state index is 2.44. The fourth-order valence-corrected chi connectivity index (χ4v) is 5.73. The number of hydrogen-bond donors (Lipinski definition) is 0. The molecule has 0 spiro atoms. The SMILES string of the molecule is CSc1ccc2c(c1)N(c1c(-c3ccccc3)cc3ccccn13)c1ccccc1S2. The van der Waals surface area contributed by atoms with E-state index in [0.717, 1.165) is 0 Å². The quantitative estimate of drug-likeness (QED) is 0.258. The molecular weight excluding hydrogens is 416 g/mol. The molecule has 2 nitrogen and oxygen atoms in total. The average Bonchev–Trinajstić information content (AvgIpc) is 3.22. The lowest BCUT2D eigenvalue weighted by molar-refractivity contribution is 1.07. The van der Waals surface area contributed by atoms with Crippen LogP contribution in [0.5, 0.6) is 0 Å². The van der Waals surface area contributed by atoms with E-state index in [2.05, 4.69) is 119 Å². The number of anilines is 3. The van der Waals surface area contributed by atoms with Crippen LogP contribution in [-0.2, 0) is 0 Å². The Bertz CT molecular complexity index is 1410. The van der Waals surface area contributed by atoms with Crippen molar-refractivity contribution in [2.24, 2.45) is 0 Å². The molecule has 4 heteroatoms. The molecule has 0 fully saturated rings. The molecule has 0 atom stereocenters. The first-order chi connectivity index (χ1) is 15.3. The predicted molar refractivity (Wildman–Crippen MR) is 133 cm³/mol. The first kappa shape index (κ1) is 18.7. The summed E-state index contributed by atoms with van der Waals surface area (Å²) in [5.74, 6) is 1.18. The predicted octanol–water partition coefficient (Wildman–Crippen LogP) is 8.26. The summed E-state index contributed by atoms with van der Waals surface area (Å²) in [5.41, 5.74) is 6.10. The zero-order valence-electron chi connectivity index (χ0n) is 17.0. The molecule has 0 radical (unpaired) electrons. The Hall–Kier alpha value is -3.08. The van der Waals surface area contributed by atoms with E-state index in [1.807, 2.05) is 11.8 Å². The summed E-state index contributed by atoms with van der Waals surface area (Å²) < 4.78 is 2.31. The van der Waals surface area contributed by atoms with Crippen molar-refractivity contribution in [3.63, 3.8) is 0 Å². The Labute approximate surface area is 190 Å². The third-order valence-electron chi connectivity index (χ3n) is 5.68. The summed E-state index contributed by atoms with van der Waals surface area (Å²) in [6.45, 7) is 0. The number of thioether (sulfide) groups is 1. The summed E-state index contributed by atoms with van der Waals surface area (Å²) in [7, 11) is 0. The molecule has 3 heterocycles. The van der Waals surface area contributed by atoms with Gasteiger partial charge in [-0.3, -0.25) is 4.90 Å². The maximum atomic E-state index is 2.44. The van der Waals surface area contributed by atoms with Gasteiger partial charge in [0, 0.05) is 32.0 Å². The Balaban J connectivity index is 1.71. The van der Waals surface area contributed by atoms with E-state index in [1.54, 1.807) is 11.8 Å². The van der Waals surface area contributed by atoms with E-state index >= 15 is 0 Å². The van der Waals surface area contributed by atoms with Crippen molar-refractivity contribution in [1.82, 2.24) is 4.40 Å². The third-order valence-corrected chi connectivity index (χ3v) is 7.54. The second-order valence-electron chi connectivity index (χ2n) is 7.48. The van der Waals surface area contributed by atoms with Gasteiger partial charge in [0.1, 0.15) is 5.82 Å². The van der Waals surface area contributed by atoms with Crippen molar-refractivity contribution in [3.8, 4) is 11.1 Å². The van der Waals surface area contributed by atoms with Crippen LogP contribution in [0.1, 0.15) is 0 Å². The highest BCUT2D eigenvalue weighted by molar-refractivity contribution is 8.00. The molecule has 0 unspecified atom stereocenters. The molecule has 0 saturated carbocycles. The van der Waals surface area contributed by atoms with Crippen LogP contribution in [-0.4, -0.2) is 10.7 Å². The minimum atomic E-state index is 1.18. The molecule has 1 aliphatic heterocycles. The van der Waals surface area contributed by atoms with Crippen LogP contribution in [0.3, 0.4) is 0 Å². The van der Waals surface area contributed by atoms with Crippen LogP contribution in [0.2, 0.25) is 0 Å². The van der Waals surface area contributed by atoms with Crippen LogP contribution >= 0.6 is 23.5 Å². The normalized spacial score (nSPS) is 12.6. The van der Waals surface area contributed by atoms with Gasteiger partial charge in [-0.1, -0.05) is 60.3 Å². The first-order valence-electron chi connectivity index (χ1n) is 10.2. The fourth-order valence-electron chi connectivity index (χ4n) is 4.26. The topological polar surface area (TPSA) is 7.65 Å². The van der Waals surface area contributed by atoms with Crippen LogP contribution in [0, 0.1) is 0 Å². The van der Waals surface area contributed by atoms with Gasteiger partial charge in [-0.05, 0) is 60.4 Å². The highest BCUT2D eigenvalue weighted by atomic mass is 32.2. The number of benzene rings is 3. The number of hydrogen-bond acceptors (Lipinski definition) is 3. The molecule has 0 N–H and O–H groups in total. The van der Waals surface area contributed by atoms with Gasteiger partial charge < -0.3 is 4.40 Å². The molecule has 0 saturated heterocycles. The lowest BCUT2D eigenvalue weighted by Crippen LogP contribution is -2.17. The summed E-state index contributed by atoms with van der Waals surface area (Å²) in [6.07, 6.45) is 4.30. The molecule has 150 valence electrons. The van der Waals surface area contributed by atoms with Gasteiger partial charge in [0.2, 0.25) is 0 Å². The van der Waals surface area contributed by atoms with E-state index in [4.69, 9.17) is 0 Å². The minimum Gasteiger partial charge on any atom is -0.302 e. The Morgan fingerprint density at radius 2 is 1.48 bits per heavy atom. The van der Waals surface area contributed by atoms with Gasteiger partial charge in [0.05, 0.1) is 11.4 Å². The zero-order chi connectivity index (χ0) is 20.8. The number of nitrogens with zero attached hydrogens (tertiary/aromatic N) is 2. The van der Waals surface area contributed by atoms with Crippen molar-refractivity contribution in [2.45, 2.75) is 14.7 Å². The van der Waals surface area contributed by atoms with Crippen LogP contribution < -0.4 is 4.90 Å². The molecule has 0 amide bonds. The standard InChI is InChI=1S/C27H20N2S2/c1-30-21-14-15-26-24(18-21)29(23-12-5-6-13-25(23)31-26)27-22(19-9-3-2-4-10-19)17-20-11-7-8-16-28(20)27/h2-18H,1H3. The van der Waals surface area contributed by atoms with Crippen molar-refractivity contribution >= 4 is 46.2 Å². The summed E-state index contributed by atoms with van der Waals surface area (Å²) in [4.78, 5) is 6.26. The Morgan fingerprint density at radius 1 is 0.710 bits per heavy atom. The van der Waals surface area contributed by atoms with Gasteiger partial charge in [0.15, 0.2) is 0 Å². The van der Waals surface area contributed by atoms with Crippen molar-refractivity contribution in [3.05, 3.63) is 103 Å². The lowest BCUT2D eigenvalue weighted by Gasteiger charge is -2.33. The summed E-state index contributed by atoms with van der Waals surface area (Å²) >= 11 is 3.63. The molecule has 0 bridgehead atoms. The highest BCUT2D eigenvalue weighted by Gasteiger charge is 2.29. The molecule has 31 heavy (non-hydrogen) atoms. The van der Waals surface area contributed by atoms with E-state index in [-0.39, 0.29) is 0 Å². The number of para-hydroxylation sites is 1. The fraction of sp³-hybridized carbons (Fsp3) is 0.0370. The van der Waals surface area contributed by atoms with Crippen molar-refractivity contribution < 1.29 is 0 Å². The van der Waals surface area contributed by atoms with Gasteiger partial charge in [0.25, 0.3) is 0 Å².